The van der Waals surface area contributed by atoms with E-state index in [-0.39, 0.29) is 42.2 Å². The van der Waals surface area contributed by atoms with Crippen LogP contribution in [-0.4, -0.2) is 12.4 Å². The second-order valence-electron chi connectivity index (χ2n) is 4.98. The van der Waals surface area contributed by atoms with Gasteiger partial charge in [-0.2, -0.15) is 16.3 Å². The number of hydrogen-bond acceptors (Lipinski definition) is 1. The molecule has 20 heavy (non-hydrogen) atoms. The molecule has 0 fully saturated rings. The third-order valence-electron chi connectivity index (χ3n) is 3.10. The first kappa shape index (κ1) is 22.5. The van der Waals surface area contributed by atoms with Gasteiger partial charge in [-0.1, -0.05) is 38.9 Å². The number of halogens is 3. The summed E-state index contributed by atoms with van der Waals surface area (Å²) in [4.78, 5) is 4.37. The minimum absolute atomic E-state index is 0. The molecule has 109 valence electrons. The smallest absolute Gasteiger partial charge is 1.00 e. The molecule has 0 aromatic carbocycles. The first-order valence-corrected chi connectivity index (χ1v) is 9.89. The first-order valence-electron chi connectivity index (χ1n) is 5.87. The first-order chi connectivity index (χ1) is 7.97. The van der Waals surface area contributed by atoms with Crippen LogP contribution < -0.4 is 24.8 Å². The number of aromatic nitrogens is 1. The summed E-state index contributed by atoms with van der Waals surface area (Å²) in [7, 11) is -1.71. The van der Waals surface area contributed by atoms with Crippen LogP contribution in [0.15, 0.2) is 40.7 Å². The van der Waals surface area contributed by atoms with Crippen LogP contribution in [0.3, 0.4) is 0 Å². The predicted molar refractivity (Wildman–Crippen MR) is 75.3 cm³/mol. The molecule has 0 saturated heterocycles. The molecule has 0 aliphatic heterocycles. The number of allylic oxidation sites excluding steroid dienone is 4. The van der Waals surface area contributed by atoms with Gasteiger partial charge in [0.1, 0.15) is 0 Å². The zero-order valence-corrected chi connectivity index (χ0v) is 16.3. The van der Waals surface area contributed by atoms with Gasteiger partial charge >= 0.3 is 17.4 Å². The van der Waals surface area contributed by atoms with Crippen molar-refractivity contribution in [3.63, 3.8) is 0 Å². The van der Waals surface area contributed by atoms with E-state index in [9.17, 15) is 0 Å². The van der Waals surface area contributed by atoms with Gasteiger partial charge < -0.3 is 24.8 Å². The Labute approximate surface area is 150 Å². The quantitative estimate of drug-likeness (QED) is 0.335. The van der Waals surface area contributed by atoms with Crippen molar-refractivity contribution in [3.8, 4) is 0 Å². The van der Waals surface area contributed by atoms with Crippen molar-refractivity contribution in [1.29, 1.82) is 0 Å². The summed E-state index contributed by atoms with van der Waals surface area (Å²) in [6.45, 7) is 6.45. The van der Waals surface area contributed by atoms with Gasteiger partial charge in [0.2, 0.25) is 0 Å². The fraction of sp³-hybridized carbons (Fsp3) is 0.357. The van der Waals surface area contributed by atoms with Crippen LogP contribution in [0.2, 0.25) is 13.1 Å². The van der Waals surface area contributed by atoms with Gasteiger partial charge in [-0.3, -0.25) is 11.1 Å². The zero-order valence-electron chi connectivity index (χ0n) is 11.7. The van der Waals surface area contributed by atoms with Gasteiger partial charge in [0.25, 0.3) is 0 Å². The maximum absolute atomic E-state index is 6.47. The summed E-state index contributed by atoms with van der Waals surface area (Å²) in [5.74, 6) is 0. The Kier molecular flexibility index (Phi) is 10.5. The second-order valence-corrected chi connectivity index (χ2v) is 11.4. The van der Waals surface area contributed by atoms with E-state index in [4.69, 9.17) is 11.1 Å². The molecule has 0 amide bonds. The maximum atomic E-state index is 6.47. The molecule has 0 spiro atoms. The van der Waals surface area contributed by atoms with Gasteiger partial charge in [-0.05, 0) is 12.1 Å². The Bertz CT molecular complexity index is 481. The summed E-state index contributed by atoms with van der Waals surface area (Å²) < 4.78 is 0. The van der Waals surface area contributed by atoms with E-state index >= 15 is 0 Å². The molecule has 1 heterocycles. The van der Waals surface area contributed by atoms with Crippen LogP contribution in [0, 0.1) is 6.08 Å². The summed E-state index contributed by atoms with van der Waals surface area (Å²) in [6, 6.07) is 6.05. The number of pyridine rings is 1. The fourth-order valence-electron chi connectivity index (χ4n) is 1.98. The molecule has 1 aliphatic carbocycles. The normalized spacial score (nSPS) is 13.9. The van der Waals surface area contributed by atoms with Crippen LogP contribution in [0.4, 0.5) is 0 Å². The van der Waals surface area contributed by atoms with Crippen molar-refractivity contribution in [2.24, 2.45) is 0 Å². The molecule has 2 rings (SSSR count). The number of hydrogen-bond donors (Lipinski definition) is 0. The molecule has 0 saturated carbocycles. The van der Waals surface area contributed by atoms with Crippen molar-refractivity contribution in [3.05, 3.63) is 52.5 Å². The summed E-state index contributed by atoms with van der Waals surface area (Å²) >= 11 is 6.47. The van der Waals surface area contributed by atoms with Crippen molar-refractivity contribution >= 4 is 18.5 Å². The van der Waals surface area contributed by atoms with E-state index in [2.05, 4.69) is 37.1 Å². The average Bonchev–Trinajstić information content (AvgIpc) is 2.62. The van der Waals surface area contributed by atoms with Gasteiger partial charge in [0.15, 0.2) is 7.38 Å². The Morgan fingerprint density at radius 1 is 1.30 bits per heavy atom. The molecular formula is C14H17Cl3CrNSi. The number of nitrogens with zero attached hydrogens (tertiary/aromatic N) is 1. The van der Waals surface area contributed by atoms with E-state index < -0.39 is 7.38 Å². The molecule has 1 aromatic rings. The predicted octanol–water partition coefficient (Wildman–Crippen LogP) is -1.94. The fourth-order valence-corrected chi connectivity index (χ4v) is 3.44. The third kappa shape index (κ3) is 5.93. The summed E-state index contributed by atoms with van der Waals surface area (Å²) in [5, 5.41) is 1.32. The van der Waals surface area contributed by atoms with E-state index in [1.54, 1.807) is 0 Å². The van der Waals surface area contributed by atoms with Crippen LogP contribution in [0.5, 0.6) is 0 Å². The molecule has 0 N–H and O–H groups in total. The Balaban J connectivity index is 0. The van der Waals surface area contributed by atoms with Crippen molar-refractivity contribution in [2.45, 2.75) is 32.9 Å². The third-order valence-corrected chi connectivity index (χ3v) is 5.52. The van der Waals surface area contributed by atoms with Gasteiger partial charge in [-0.25, -0.2) is 11.1 Å². The van der Waals surface area contributed by atoms with Crippen LogP contribution in [0.25, 0.3) is 0 Å². The Morgan fingerprint density at radius 2 is 1.95 bits per heavy atom. The summed E-state index contributed by atoms with van der Waals surface area (Å²) in [6.07, 6.45) is 7.22. The van der Waals surface area contributed by atoms with Crippen molar-refractivity contribution < 1.29 is 42.2 Å². The van der Waals surface area contributed by atoms with E-state index in [1.807, 2.05) is 18.3 Å². The molecule has 1 radical (unpaired) electrons. The molecule has 6 heteroatoms. The molecule has 0 atom stereocenters. The van der Waals surface area contributed by atoms with Crippen molar-refractivity contribution in [1.82, 2.24) is 4.98 Å². The SMILES string of the molecule is CC1=C(Cc2ccccn2)CC([Si](C)(C)Cl)=[C-]1.[Cl-].[Cl-].[Cr+3]. The Morgan fingerprint density at radius 3 is 2.40 bits per heavy atom. The Hall–Kier alpha value is 0.249. The molecule has 0 bridgehead atoms. The van der Waals surface area contributed by atoms with Crippen LogP contribution in [-0.2, 0) is 23.8 Å². The summed E-state index contributed by atoms with van der Waals surface area (Å²) in [5.41, 5.74) is 3.80. The number of rotatable bonds is 3. The van der Waals surface area contributed by atoms with Gasteiger partial charge in [-0.15, -0.1) is 0 Å². The second kappa shape index (κ2) is 9.30. The molecule has 0 unspecified atom stereocenters. The van der Waals surface area contributed by atoms with Crippen LogP contribution in [0.1, 0.15) is 19.0 Å². The average molecular weight is 386 g/mol. The van der Waals surface area contributed by atoms with Crippen molar-refractivity contribution in [2.75, 3.05) is 0 Å². The van der Waals surface area contributed by atoms with E-state index in [1.165, 1.54) is 16.3 Å². The van der Waals surface area contributed by atoms with E-state index in [0.29, 0.717) is 0 Å². The molecular weight excluding hydrogens is 369 g/mol. The molecule has 1 aromatic heterocycles. The van der Waals surface area contributed by atoms with Crippen LogP contribution >= 0.6 is 11.1 Å². The van der Waals surface area contributed by atoms with E-state index in [0.717, 1.165) is 18.5 Å². The minimum atomic E-state index is -1.71. The minimum Gasteiger partial charge on any atom is -1.00 e. The zero-order chi connectivity index (χ0) is 12.5. The maximum Gasteiger partial charge on any atom is 3.00 e. The monoisotopic (exact) mass is 384 g/mol. The molecule has 1 nitrogen and oxygen atoms in total. The molecule has 1 aliphatic rings. The topological polar surface area (TPSA) is 12.9 Å². The van der Waals surface area contributed by atoms with Gasteiger partial charge in [0, 0.05) is 11.9 Å². The van der Waals surface area contributed by atoms with Gasteiger partial charge in [0.05, 0.1) is 0 Å². The standard InChI is InChI=1S/C14H17ClNSi.2ClH.Cr/c1-11-8-14(17(2,3)15)10-12(11)9-13-6-4-5-7-16-13;;;/h4-7H,9-10H2,1-3H3;2*1H;/q-1;;;+3/p-2. The largest absolute Gasteiger partial charge is 3.00 e.